The van der Waals surface area contributed by atoms with Crippen molar-refractivity contribution < 1.29 is 14.3 Å². The average Bonchev–Trinajstić information content (AvgIpc) is 2.54. The summed E-state index contributed by atoms with van der Waals surface area (Å²) < 4.78 is 5.08. The van der Waals surface area contributed by atoms with Crippen molar-refractivity contribution in [2.24, 2.45) is 5.92 Å². The van der Waals surface area contributed by atoms with Gasteiger partial charge in [0.15, 0.2) is 6.61 Å². The molecule has 1 fully saturated rings. The molecule has 2 aliphatic carbocycles. The van der Waals surface area contributed by atoms with Gasteiger partial charge in [0.2, 0.25) is 0 Å². The molecule has 114 valence electrons. The standard InChI is InChI=1S/C16H22N2O3/c17-12-16(9-5-2-6-10-16)18-14(19)11-21-15(20)13-7-3-1-4-8-13/h1,3,13H,2,4-11H2,(H,18,19)/t13-/m0/s1. The SMILES string of the molecule is N#CC1(NC(=O)COC(=O)[C@H]2CC=CCC2)CCCCC1. The smallest absolute Gasteiger partial charge is 0.309 e. The highest BCUT2D eigenvalue weighted by Gasteiger charge is 2.33. The minimum atomic E-state index is -0.769. The second-order valence-corrected chi connectivity index (χ2v) is 5.89. The van der Waals surface area contributed by atoms with E-state index in [2.05, 4.69) is 17.5 Å². The maximum absolute atomic E-state index is 11.9. The molecule has 0 spiro atoms. The number of hydrogen-bond acceptors (Lipinski definition) is 4. The highest BCUT2D eigenvalue weighted by atomic mass is 16.5. The summed E-state index contributed by atoms with van der Waals surface area (Å²) in [7, 11) is 0. The first kappa shape index (κ1) is 15.6. The van der Waals surface area contributed by atoms with Crippen LogP contribution in [0.5, 0.6) is 0 Å². The van der Waals surface area contributed by atoms with Gasteiger partial charge in [0, 0.05) is 0 Å². The van der Waals surface area contributed by atoms with Crippen LogP contribution >= 0.6 is 0 Å². The Hall–Kier alpha value is -1.83. The number of amides is 1. The van der Waals surface area contributed by atoms with Crippen LogP contribution < -0.4 is 5.32 Å². The number of hydrogen-bond donors (Lipinski definition) is 1. The number of nitrogens with one attached hydrogen (secondary N) is 1. The first-order valence-corrected chi connectivity index (χ1v) is 7.69. The van der Waals surface area contributed by atoms with Crippen molar-refractivity contribution in [3.8, 4) is 6.07 Å². The zero-order chi connectivity index (χ0) is 15.1. The first-order valence-electron chi connectivity index (χ1n) is 7.69. The Kier molecular flexibility index (Phi) is 5.38. The van der Waals surface area contributed by atoms with Gasteiger partial charge >= 0.3 is 5.97 Å². The molecule has 1 atom stereocenters. The molecule has 0 aromatic heterocycles. The molecule has 21 heavy (non-hydrogen) atoms. The topological polar surface area (TPSA) is 79.2 Å². The predicted molar refractivity (Wildman–Crippen MR) is 77.0 cm³/mol. The number of nitrogens with zero attached hydrogens (tertiary/aromatic N) is 1. The van der Waals surface area contributed by atoms with E-state index in [-0.39, 0.29) is 24.4 Å². The molecule has 5 nitrogen and oxygen atoms in total. The number of esters is 1. The predicted octanol–water partition coefficient (Wildman–Crippen LogP) is 2.23. The highest BCUT2D eigenvalue weighted by molar-refractivity contribution is 5.82. The third-order valence-electron chi connectivity index (χ3n) is 4.25. The van der Waals surface area contributed by atoms with E-state index < -0.39 is 5.54 Å². The zero-order valence-corrected chi connectivity index (χ0v) is 12.3. The van der Waals surface area contributed by atoms with E-state index in [0.29, 0.717) is 19.3 Å². The van der Waals surface area contributed by atoms with Gasteiger partial charge in [-0.2, -0.15) is 5.26 Å². The highest BCUT2D eigenvalue weighted by Crippen LogP contribution is 2.27. The summed E-state index contributed by atoms with van der Waals surface area (Å²) in [5.74, 6) is -0.829. The quantitative estimate of drug-likeness (QED) is 0.636. The van der Waals surface area contributed by atoms with Crippen LogP contribution in [0.15, 0.2) is 12.2 Å². The molecule has 2 rings (SSSR count). The van der Waals surface area contributed by atoms with Gasteiger partial charge in [-0.1, -0.05) is 31.4 Å². The lowest BCUT2D eigenvalue weighted by Crippen LogP contribution is -2.50. The Labute approximate surface area is 125 Å². The molecule has 0 heterocycles. The molecular weight excluding hydrogens is 268 g/mol. The normalized spacial score (nSPS) is 23.9. The van der Waals surface area contributed by atoms with E-state index in [1.165, 1.54) is 0 Å². The maximum Gasteiger partial charge on any atom is 0.309 e. The Balaban J connectivity index is 1.77. The fraction of sp³-hybridized carbons (Fsp3) is 0.688. The van der Waals surface area contributed by atoms with Crippen LogP contribution in [0.4, 0.5) is 0 Å². The fourth-order valence-corrected chi connectivity index (χ4v) is 2.99. The summed E-state index contributed by atoms with van der Waals surface area (Å²) in [4.78, 5) is 23.8. The van der Waals surface area contributed by atoms with E-state index in [9.17, 15) is 14.9 Å². The van der Waals surface area contributed by atoms with Crippen LogP contribution in [0.1, 0.15) is 51.4 Å². The molecule has 5 heteroatoms. The van der Waals surface area contributed by atoms with Crippen LogP contribution in [0.3, 0.4) is 0 Å². The van der Waals surface area contributed by atoms with E-state index >= 15 is 0 Å². The van der Waals surface area contributed by atoms with Gasteiger partial charge in [-0.25, -0.2) is 0 Å². The Bertz CT molecular complexity index is 459. The van der Waals surface area contributed by atoms with Crippen molar-refractivity contribution in [3.05, 3.63) is 12.2 Å². The first-order chi connectivity index (χ1) is 10.2. The molecule has 0 saturated heterocycles. The van der Waals surface area contributed by atoms with E-state index in [1.807, 2.05) is 6.08 Å². The minimum absolute atomic E-state index is 0.137. The van der Waals surface area contributed by atoms with Gasteiger partial charge in [0.25, 0.3) is 5.91 Å². The van der Waals surface area contributed by atoms with Gasteiger partial charge in [0.05, 0.1) is 12.0 Å². The number of ether oxygens (including phenoxy) is 1. The van der Waals surface area contributed by atoms with Crippen LogP contribution in [0, 0.1) is 17.2 Å². The number of carbonyl (C=O) groups excluding carboxylic acids is 2. The van der Waals surface area contributed by atoms with Gasteiger partial charge in [0.1, 0.15) is 5.54 Å². The summed E-state index contributed by atoms with van der Waals surface area (Å²) in [6, 6.07) is 2.22. The fourth-order valence-electron chi connectivity index (χ4n) is 2.99. The van der Waals surface area contributed by atoms with Gasteiger partial charge in [-0.05, 0) is 32.1 Å². The second-order valence-electron chi connectivity index (χ2n) is 5.89. The van der Waals surface area contributed by atoms with Crippen molar-refractivity contribution in [2.75, 3.05) is 6.61 Å². The van der Waals surface area contributed by atoms with Crippen LogP contribution in [0.25, 0.3) is 0 Å². The number of carbonyl (C=O) groups is 2. The van der Waals surface area contributed by atoms with Crippen LogP contribution in [-0.2, 0) is 14.3 Å². The van der Waals surface area contributed by atoms with Gasteiger partial charge in [-0.3, -0.25) is 9.59 Å². The lowest BCUT2D eigenvalue weighted by atomic mass is 9.83. The lowest BCUT2D eigenvalue weighted by Gasteiger charge is -2.31. The van der Waals surface area contributed by atoms with Crippen molar-refractivity contribution in [2.45, 2.75) is 56.9 Å². The average molecular weight is 290 g/mol. The molecular formula is C16H22N2O3. The summed E-state index contributed by atoms with van der Waals surface area (Å²) in [5, 5.41) is 12.0. The van der Waals surface area contributed by atoms with Gasteiger partial charge in [-0.15, -0.1) is 0 Å². The Morgan fingerprint density at radius 3 is 2.67 bits per heavy atom. The van der Waals surface area contributed by atoms with Gasteiger partial charge < -0.3 is 10.1 Å². The largest absolute Gasteiger partial charge is 0.455 e. The van der Waals surface area contributed by atoms with E-state index in [0.717, 1.165) is 32.1 Å². The summed E-state index contributed by atoms with van der Waals surface area (Å²) in [6.07, 6.45) is 10.7. The molecule has 0 bridgehead atoms. The van der Waals surface area contributed by atoms with Crippen molar-refractivity contribution in [1.82, 2.24) is 5.32 Å². The molecule has 0 unspecified atom stereocenters. The molecule has 0 aromatic rings. The zero-order valence-electron chi connectivity index (χ0n) is 12.3. The third-order valence-corrected chi connectivity index (χ3v) is 4.25. The summed E-state index contributed by atoms with van der Waals surface area (Å²) in [5.41, 5.74) is -0.769. The molecule has 0 aromatic carbocycles. The molecule has 1 saturated carbocycles. The summed E-state index contributed by atoms with van der Waals surface area (Å²) in [6.45, 7) is -0.289. The molecule has 1 amide bonds. The molecule has 2 aliphatic rings. The van der Waals surface area contributed by atoms with Crippen LogP contribution in [-0.4, -0.2) is 24.0 Å². The van der Waals surface area contributed by atoms with Crippen LogP contribution in [0.2, 0.25) is 0 Å². The molecule has 0 radical (unpaired) electrons. The molecule has 1 N–H and O–H groups in total. The lowest BCUT2D eigenvalue weighted by molar-refractivity contribution is -0.153. The summed E-state index contributed by atoms with van der Waals surface area (Å²) >= 11 is 0. The Morgan fingerprint density at radius 2 is 2.05 bits per heavy atom. The number of rotatable bonds is 4. The van der Waals surface area contributed by atoms with Crippen molar-refractivity contribution in [3.63, 3.8) is 0 Å². The maximum atomic E-state index is 11.9. The Morgan fingerprint density at radius 1 is 1.29 bits per heavy atom. The van der Waals surface area contributed by atoms with E-state index in [1.54, 1.807) is 0 Å². The third kappa shape index (κ3) is 4.32. The van der Waals surface area contributed by atoms with E-state index in [4.69, 9.17) is 4.74 Å². The minimum Gasteiger partial charge on any atom is -0.455 e. The molecule has 0 aliphatic heterocycles. The van der Waals surface area contributed by atoms with Crippen molar-refractivity contribution >= 4 is 11.9 Å². The monoisotopic (exact) mass is 290 g/mol. The second kappa shape index (κ2) is 7.26. The number of nitriles is 1. The van der Waals surface area contributed by atoms with Crippen molar-refractivity contribution in [1.29, 1.82) is 5.26 Å². The number of allylic oxidation sites excluding steroid dienone is 2.